The maximum absolute atomic E-state index is 11.3. The summed E-state index contributed by atoms with van der Waals surface area (Å²) in [6.45, 7) is 0. The average Bonchev–Trinajstić information content (AvgIpc) is 2.56. The van der Waals surface area contributed by atoms with Crippen LogP contribution in [0.2, 0.25) is 0 Å². The summed E-state index contributed by atoms with van der Waals surface area (Å²) in [5.74, 6) is 0.497. The zero-order valence-corrected chi connectivity index (χ0v) is 13.1. The molecule has 0 saturated carbocycles. The van der Waals surface area contributed by atoms with Crippen LogP contribution in [0.4, 0.5) is 0 Å². The van der Waals surface area contributed by atoms with E-state index in [9.17, 15) is 9.90 Å². The highest BCUT2D eigenvalue weighted by Crippen LogP contribution is 2.34. The van der Waals surface area contributed by atoms with Gasteiger partial charge in [-0.05, 0) is 23.3 Å². The van der Waals surface area contributed by atoms with Gasteiger partial charge < -0.3 is 15.6 Å². The summed E-state index contributed by atoms with van der Waals surface area (Å²) in [4.78, 5) is 11.3. The average molecular weight is 317 g/mol. The van der Waals surface area contributed by atoms with Crippen molar-refractivity contribution < 1.29 is 14.6 Å². The first-order valence-corrected chi connectivity index (χ1v) is 7.94. The molecule has 0 radical (unpaired) electrons. The summed E-state index contributed by atoms with van der Waals surface area (Å²) in [5, 5.41) is 8.93. The summed E-state index contributed by atoms with van der Waals surface area (Å²) in [6.07, 6.45) is 0. The fourth-order valence-corrected chi connectivity index (χ4v) is 3.33. The second-order valence-electron chi connectivity index (χ2n) is 4.85. The number of rotatable bonds is 7. The van der Waals surface area contributed by atoms with Gasteiger partial charge in [0.15, 0.2) is 0 Å². The van der Waals surface area contributed by atoms with Crippen molar-refractivity contribution in [3.63, 3.8) is 0 Å². The van der Waals surface area contributed by atoms with Crippen molar-refractivity contribution in [1.29, 1.82) is 0 Å². The molecule has 0 fully saturated rings. The third-order valence-corrected chi connectivity index (χ3v) is 4.75. The van der Waals surface area contributed by atoms with Crippen LogP contribution in [-0.2, 0) is 10.5 Å². The Labute approximate surface area is 134 Å². The van der Waals surface area contributed by atoms with Crippen molar-refractivity contribution in [2.45, 2.75) is 17.0 Å². The number of aliphatic carboxylic acids is 1. The van der Waals surface area contributed by atoms with Crippen molar-refractivity contribution in [2.24, 2.45) is 5.73 Å². The van der Waals surface area contributed by atoms with Crippen LogP contribution in [0.3, 0.4) is 0 Å². The number of benzene rings is 2. The summed E-state index contributed by atoms with van der Waals surface area (Å²) < 4.78 is 5.13. The molecule has 0 saturated heterocycles. The lowest BCUT2D eigenvalue weighted by Gasteiger charge is -2.21. The van der Waals surface area contributed by atoms with E-state index in [1.165, 1.54) is 11.8 Å². The van der Waals surface area contributed by atoms with E-state index >= 15 is 0 Å². The molecular formula is C17H19NO3S. The van der Waals surface area contributed by atoms with E-state index < -0.39 is 12.0 Å². The molecule has 0 amide bonds. The first-order valence-electron chi connectivity index (χ1n) is 6.89. The van der Waals surface area contributed by atoms with E-state index in [2.05, 4.69) is 0 Å². The molecule has 0 aliphatic carbocycles. The van der Waals surface area contributed by atoms with Crippen LogP contribution >= 0.6 is 11.8 Å². The fourth-order valence-electron chi connectivity index (χ4n) is 2.09. The number of carbonyl (C=O) groups is 1. The van der Waals surface area contributed by atoms with Crippen LogP contribution in [0.25, 0.3) is 0 Å². The van der Waals surface area contributed by atoms with Gasteiger partial charge in [-0.25, -0.2) is 0 Å². The van der Waals surface area contributed by atoms with E-state index in [1.54, 1.807) is 7.11 Å². The third kappa shape index (κ3) is 4.26. The minimum absolute atomic E-state index is 0.291. The molecule has 0 spiro atoms. The van der Waals surface area contributed by atoms with E-state index in [1.807, 2.05) is 54.6 Å². The standard InChI is InChI=1S/C17H19NO3S/c1-21-14-9-7-12(8-10-14)11-22-16(15(18)17(19)20)13-5-3-2-4-6-13/h2-10,15-16H,11,18H2,1H3,(H,19,20)/t15-,16?/m0/s1. The molecular weight excluding hydrogens is 298 g/mol. The number of methoxy groups -OCH3 is 1. The smallest absolute Gasteiger partial charge is 0.321 e. The molecule has 2 aromatic rings. The molecule has 0 aliphatic heterocycles. The molecule has 0 bridgehead atoms. The number of hydrogen-bond acceptors (Lipinski definition) is 4. The van der Waals surface area contributed by atoms with E-state index in [-0.39, 0.29) is 5.25 Å². The monoisotopic (exact) mass is 317 g/mol. The molecule has 1 unspecified atom stereocenters. The molecule has 0 heterocycles. The number of nitrogens with two attached hydrogens (primary N) is 1. The zero-order chi connectivity index (χ0) is 15.9. The highest BCUT2D eigenvalue weighted by Gasteiger charge is 2.26. The lowest BCUT2D eigenvalue weighted by atomic mass is 10.1. The Hall–Kier alpha value is -1.98. The molecule has 5 heteroatoms. The van der Waals surface area contributed by atoms with Crippen molar-refractivity contribution in [3.8, 4) is 5.75 Å². The predicted molar refractivity (Wildman–Crippen MR) is 89.1 cm³/mol. The van der Waals surface area contributed by atoms with Gasteiger partial charge in [0.1, 0.15) is 11.8 Å². The van der Waals surface area contributed by atoms with Crippen molar-refractivity contribution in [2.75, 3.05) is 7.11 Å². The minimum atomic E-state index is -0.990. The van der Waals surface area contributed by atoms with Gasteiger partial charge in [0.25, 0.3) is 0 Å². The van der Waals surface area contributed by atoms with Crippen molar-refractivity contribution >= 4 is 17.7 Å². The van der Waals surface area contributed by atoms with Crippen molar-refractivity contribution in [1.82, 2.24) is 0 Å². The van der Waals surface area contributed by atoms with Gasteiger partial charge in [-0.15, -0.1) is 11.8 Å². The molecule has 2 atom stereocenters. The summed E-state index contributed by atoms with van der Waals surface area (Å²) in [5.41, 5.74) is 7.89. The van der Waals surface area contributed by atoms with Gasteiger partial charge in [-0.3, -0.25) is 4.79 Å². The molecule has 2 aromatic carbocycles. The Morgan fingerprint density at radius 2 is 1.82 bits per heavy atom. The van der Waals surface area contributed by atoms with Crippen LogP contribution in [0.15, 0.2) is 54.6 Å². The molecule has 3 N–H and O–H groups in total. The second kappa shape index (κ2) is 7.87. The number of hydrogen-bond donors (Lipinski definition) is 2. The molecule has 0 aliphatic rings. The summed E-state index contributed by atoms with van der Waals surface area (Å²) in [6, 6.07) is 16.3. The Kier molecular flexibility index (Phi) is 5.86. The number of ether oxygens (including phenoxy) is 1. The SMILES string of the molecule is COc1ccc(CSC(c2ccccc2)[C@H](N)C(=O)O)cc1. The van der Waals surface area contributed by atoms with Crippen LogP contribution < -0.4 is 10.5 Å². The Bertz CT molecular complexity index is 601. The van der Waals surface area contributed by atoms with Crippen molar-refractivity contribution in [3.05, 3.63) is 65.7 Å². The van der Waals surface area contributed by atoms with E-state index in [0.29, 0.717) is 5.75 Å². The van der Waals surface area contributed by atoms with Gasteiger partial charge in [-0.1, -0.05) is 42.5 Å². The first kappa shape index (κ1) is 16.4. The molecule has 4 nitrogen and oxygen atoms in total. The third-order valence-electron chi connectivity index (χ3n) is 3.33. The normalized spacial score (nSPS) is 13.4. The fraction of sp³-hybridized carbons (Fsp3) is 0.235. The lowest BCUT2D eigenvalue weighted by molar-refractivity contribution is -0.138. The van der Waals surface area contributed by atoms with Gasteiger partial charge in [0.05, 0.1) is 12.4 Å². The molecule has 2 rings (SSSR count). The Morgan fingerprint density at radius 1 is 1.18 bits per heavy atom. The molecule has 22 heavy (non-hydrogen) atoms. The van der Waals surface area contributed by atoms with Gasteiger partial charge in [0.2, 0.25) is 0 Å². The van der Waals surface area contributed by atoms with Crippen LogP contribution in [-0.4, -0.2) is 24.2 Å². The molecule has 116 valence electrons. The largest absolute Gasteiger partial charge is 0.497 e. The summed E-state index contributed by atoms with van der Waals surface area (Å²) >= 11 is 1.53. The topological polar surface area (TPSA) is 72.5 Å². The van der Waals surface area contributed by atoms with Crippen LogP contribution in [0.5, 0.6) is 5.75 Å². The maximum Gasteiger partial charge on any atom is 0.321 e. The second-order valence-corrected chi connectivity index (χ2v) is 5.98. The highest BCUT2D eigenvalue weighted by molar-refractivity contribution is 7.98. The van der Waals surface area contributed by atoms with Crippen LogP contribution in [0.1, 0.15) is 16.4 Å². The highest BCUT2D eigenvalue weighted by atomic mass is 32.2. The molecule has 0 aromatic heterocycles. The summed E-state index contributed by atoms with van der Waals surface area (Å²) in [7, 11) is 1.63. The van der Waals surface area contributed by atoms with Gasteiger partial charge >= 0.3 is 5.97 Å². The van der Waals surface area contributed by atoms with Gasteiger partial charge in [0, 0.05) is 5.75 Å². The maximum atomic E-state index is 11.3. The number of carboxylic acids is 1. The van der Waals surface area contributed by atoms with Crippen LogP contribution in [0, 0.1) is 0 Å². The zero-order valence-electron chi connectivity index (χ0n) is 12.3. The minimum Gasteiger partial charge on any atom is -0.497 e. The quantitative estimate of drug-likeness (QED) is 0.821. The van der Waals surface area contributed by atoms with E-state index in [0.717, 1.165) is 16.9 Å². The number of carboxylic acid groups (broad SMARTS) is 1. The van der Waals surface area contributed by atoms with Gasteiger partial charge in [-0.2, -0.15) is 0 Å². The first-order chi connectivity index (χ1) is 10.6. The Balaban J connectivity index is 2.11. The number of thioether (sulfide) groups is 1. The predicted octanol–water partition coefficient (Wildman–Crippen LogP) is 3.08. The van der Waals surface area contributed by atoms with E-state index in [4.69, 9.17) is 10.5 Å². The Morgan fingerprint density at radius 3 is 2.36 bits per heavy atom. The lowest BCUT2D eigenvalue weighted by Crippen LogP contribution is -2.35.